The number of rotatable bonds is 8. The molecule has 1 N–H and O–H groups in total. The number of hydrogen-bond acceptors (Lipinski definition) is 3. The summed E-state index contributed by atoms with van der Waals surface area (Å²) in [5.41, 5.74) is 0. The first-order valence-electron chi connectivity index (χ1n) is 8.57. The molecule has 4 nitrogen and oxygen atoms in total. The normalized spacial score (nSPS) is 17.2. The third-order valence-corrected chi connectivity index (χ3v) is 6.19. The van der Waals surface area contributed by atoms with Crippen molar-refractivity contribution in [3.05, 3.63) is 28.7 Å². The molecule has 0 amide bonds. The Hall–Kier alpha value is 0.01000. The maximum Gasteiger partial charge on any atom is 0.193 e. The zero-order valence-electron chi connectivity index (χ0n) is 15.0. The van der Waals surface area contributed by atoms with E-state index in [-0.39, 0.29) is 24.0 Å². The number of aliphatic imine (C=N–C) groups is 1. The molecule has 0 bridgehead atoms. The number of halogens is 2. The molecule has 1 atom stereocenters. The molecule has 7 heteroatoms. The van der Waals surface area contributed by atoms with E-state index in [0.717, 1.165) is 50.9 Å². The second-order valence-corrected chi connectivity index (χ2v) is 8.06. The van der Waals surface area contributed by atoms with Crippen LogP contribution in [0, 0.1) is 5.92 Å². The first-order chi connectivity index (χ1) is 11.7. The van der Waals surface area contributed by atoms with E-state index in [9.17, 15) is 0 Å². The fourth-order valence-corrected chi connectivity index (χ4v) is 4.33. The summed E-state index contributed by atoms with van der Waals surface area (Å²) in [6.45, 7) is 3.76. The molecule has 0 radical (unpaired) electrons. The second-order valence-electron chi connectivity index (χ2n) is 6.07. The van der Waals surface area contributed by atoms with Gasteiger partial charge in [0.25, 0.3) is 0 Å². The molecule has 1 saturated heterocycles. The van der Waals surface area contributed by atoms with Gasteiger partial charge in [-0.2, -0.15) is 0 Å². The highest BCUT2D eigenvalue weighted by molar-refractivity contribution is 14.0. The average molecular weight is 542 g/mol. The number of unbranched alkanes of at least 4 members (excludes halogenated alkanes) is 1. The van der Waals surface area contributed by atoms with Crippen LogP contribution in [0.4, 0.5) is 0 Å². The van der Waals surface area contributed by atoms with E-state index in [1.807, 2.05) is 18.8 Å². The van der Waals surface area contributed by atoms with Crippen LogP contribution in [0.2, 0.25) is 0 Å². The number of guanidine groups is 1. The van der Waals surface area contributed by atoms with Gasteiger partial charge in [-0.05, 0) is 53.1 Å². The highest BCUT2D eigenvalue weighted by atomic mass is 127. The van der Waals surface area contributed by atoms with Crippen molar-refractivity contribution in [3.8, 4) is 0 Å². The third-order valence-electron chi connectivity index (χ3n) is 4.08. The van der Waals surface area contributed by atoms with Crippen molar-refractivity contribution in [2.75, 3.05) is 46.2 Å². The summed E-state index contributed by atoms with van der Waals surface area (Å²) in [6, 6.07) is 8.40. The monoisotopic (exact) mass is 541 g/mol. The molecule has 1 heterocycles. The van der Waals surface area contributed by atoms with Crippen molar-refractivity contribution < 1.29 is 4.74 Å². The molecule has 0 aliphatic carbocycles. The van der Waals surface area contributed by atoms with Crippen LogP contribution >= 0.6 is 51.7 Å². The smallest absolute Gasteiger partial charge is 0.193 e. The van der Waals surface area contributed by atoms with Crippen LogP contribution in [-0.4, -0.2) is 57.0 Å². The van der Waals surface area contributed by atoms with Crippen LogP contribution in [0.3, 0.4) is 0 Å². The van der Waals surface area contributed by atoms with Crippen LogP contribution in [0.5, 0.6) is 0 Å². The summed E-state index contributed by atoms with van der Waals surface area (Å²) in [5, 5.41) is 3.47. The molecule has 2 rings (SSSR count). The van der Waals surface area contributed by atoms with Gasteiger partial charge in [0.1, 0.15) is 0 Å². The van der Waals surface area contributed by atoms with Gasteiger partial charge in [0, 0.05) is 49.1 Å². The predicted octanol–water partition coefficient (Wildman–Crippen LogP) is 4.48. The Bertz CT molecular complexity index is 527. The number of hydrogen-bond donors (Lipinski definition) is 1. The highest BCUT2D eigenvalue weighted by Crippen LogP contribution is 2.27. The van der Waals surface area contributed by atoms with Gasteiger partial charge in [0.2, 0.25) is 0 Å². The van der Waals surface area contributed by atoms with Crippen molar-refractivity contribution in [3.63, 3.8) is 0 Å². The molecule has 1 aromatic carbocycles. The van der Waals surface area contributed by atoms with Gasteiger partial charge >= 0.3 is 0 Å². The van der Waals surface area contributed by atoms with E-state index in [2.05, 4.69) is 62.5 Å². The SMILES string of the molecule is CN=C(NCCCCSc1ccccc1Br)N(C)CC1CCOC1.I. The van der Waals surface area contributed by atoms with Crippen molar-refractivity contribution in [1.82, 2.24) is 10.2 Å². The molecule has 0 aromatic heterocycles. The molecule has 0 spiro atoms. The van der Waals surface area contributed by atoms with Crippen LogP contribution in [-0.2, 0) is 4.74 Å². The van der Waals surface area contributed by atoms with Gasteiger partial charge in [-0.1, -0.05) is 12.1 Å². The van der Waals surface area contributed by atoms with Gasteiger partial charge in [0.15, 0.2) is 5.96 Å². The second kappa shape index (κ2) is 13.2. The Kier molecular flexibility index (Phi) is 12.2. The maximum absolute atomic E-state index is 5.45. The Balaban J connectivity index is 0.00000312. The number of nitrogens with zero attached hydrogens (tertiary/aromatic N) is 2. The lowest BCUT2D eigenvalue weighted by Crippen LogP contribution is -2.41. The van der Waals surface area contributed by atoms with Crippen molar-refractivity contribution in [2.45, 2.75) is 24.2 Å². The lowest BCUT2D eigenvalue weighted by atomic mass is 10.1. The Labute approximate surface area is 181 Å². The van der Waals surface area contributed by atoms with Gasteiger partial charge in [-0.15, -0.1) is 35.7 Å². The minimum Gasteiger partial charge on any atom is -0.381 e. The third kappa shape index (κ3) is 8.49. The predicted molar refractivity (Wildman–Crippen MR) is 122 cm³/mol. The summed E-state index contributed by atoms with van der Waals surface area (Å²) in [4.78, 5) is 7.92. The van der Waals surface area contributed by atoms with Gasteiger partial charge in [-0.25, -0.2) is 0 Å². The molecule has 1 aliphatic rings. The van der Waals surface area contributed by atoms with E-state index in [1.54, 1.807) is 0 Å². The molecule has 25 heavy (non-hydrogen) atoms. The number of ether oxygens (including phenoxy) is 1. The molecule has 1 fully saturated rings. The van der Waals surface area contributed by atoms with E-state index in [1.165, 1.54) is 15.8 Å². The van der Waals surface area contributed by atoms with E-state index in [0.29, 0.717) is 5.92 Å². The molecule has 1 aliphatic heterocycles. The van der Waals surface area contributed by atoms with E-state index < -0.39 is 0 Å². The molecule has 0 saturated carbocycles. The number of benzene rings is 1. The zero-order chi connectivity index (χ0) is 17.2. The van der Waals surface area contributed by atoms with Crippen molar-refractivity contribution in [2.24, 2.45) is 10.9 Å². The topological polar surface area (TPSA) is 36.9 Å². The number of nitrogens with one attached hydrogen (secondary N) is 1. The molecule has 1 unspecified atom stereocenters. The van der Waals surface area contributed by atoms with E-state index >= 15 is 0 Å². The summed E-state index contributed by atoms with van der Waals surface area (Å²) in [5.74, 6) is 2.76. The maximum atomic E-state index is 5.45. The van der Waals surface area contributed by atoms with Crippen LogP contribution in [0.1, 0.15) is 19.3 Å². The van der Waals surface area contributed by atoms with Crippen LogP contribution < -0.4 is 5.32 Å². The highest BCUT2D eigenvalue weighted by Gasteiger charge is 2.18. The summed E-state index contributed by atoms with van der Waals surface area (Å²) in [7, 11) is 3.96. The molecular formula is C18H29BrIN3OS. The fourth-order valence-electron chi connectivity index (χ4n) is 2.76. The Morgan fingerprint density at radius 2 is 2.20 bits per heavy atom. The van der Waals surface area contributed by atoms with Gasteiger partial charge < -0.3 is 15.0 Å². The van der Waals surface area contributed by atoms with Crippen molar-refractivity contribution >= 4 is 57.6 Å². The van der Waals surface area contributed by atoms with Gasteiger partial charge in [0.05, 0.1) is 6.61 Å². The number of thioether (sulfide) groups is 1. The molecular weight excluding hydrogens is 513 g/mol. The zero-order valence-corrected chi connectivity index (χ0v) is 19.8. The Morgan fingerprint density at radius 1 is 1.40 bits per heavy atom. The van der Waals surface area contributed by atoms with Crippen LogP contribution in [0.15, 0.2) is 38.6 Å². The Morgan fingerprint density at radius 3 is 2.88 bits per heavy atom. The minimum atomic E-state index is 0. The van der Waals surface area contributed by atoms with E-state index in [4.69, 9.17) is 4.74 Å². The summed E-state index contributed by atoms with van der Waals surface area (Å²) < 4.78 is 6.64. The summed E-state index contributed by atoms with van der Waals surface area (Å²) in [6.07, 6.45) is 3.50. The molecule has 142 valence electrons. The van der Waals surface area contributed by atoms with Gasteiger partial charge in [-0.3, -0.25) is 4.99 Å². The largest absolute Gasteiger partial charge is 0.381 e. The first-order valence-corrected chi connectivity index (χ1v) is 10.4. The first kappa shape index (κ1) is 23.0. The average Bonchev–Trinajstić information content (AvgIpc) is 3.08. The fraction of sp³-hybridized carbons (Fsp3) is 0.611. The molecule has 1 aromatic rings. The van der Waals surface area contributed by atoms with Crippen LogP contribution in [0.25, 0.3) is 0 Å². The lowest BCUT2D eigenvalue weighted by Gasteiger charge is -2.24. The van der Waals surface area contributed by atoms with Crippen molar-refractivity contribution in [1.29, 1.82) is 0 Å². The standard InChI is InChI=1S/C18H28BrN3OS.HI/c1-20-18(22(2)13-15-9-11-23-14-15)21-10-5-6-12-24-17-8-4-3-7-16(17)19;/h3-4,7-8,15H,5-6,9-14H2,1-2H3,(H,20,21);1H. The minimum absolute atomic E-state index is 0. The summed E-state index contributed by atoms with van der Waals surface area (Å²) >= 11 is 5.51. The quantitative estimate of drug-likeness (QED) is 0.173. The lowest BCUT2D eigenvalue weighted by molar-refractivity contribution is 0.181.